The van der Waals surface area contributed by atoms with Crippen molar-refractivity contribution in [2.75, 3.05) is 5.32 Å². The highest BCUT2D eigenvalue weighted by Gasteiger charge is 2.14. The van der Waals surface area contributed by atoms with Gasteiger partial charge in [-0.15, -0.1) is 0 Å². The summed E-state index contributed by atoms with van der Waals surface area (Å²) >= 11 is 5.94. The molecule has 0 radical (unpaired) electrons. The summed E-state index contributed by atoms with van der Waals surface area (Å²) in [4.78, 5) is 27.1. The molecule has 0 saturated heterocycles. The second-order valence-corrected chi connectivity index (χ2v) is 4.84. The highest BCUT2D eigenvalue weighted by molar-refractivity contribution is 6.32. The third-order valence-corrected chi connectivity index (χ3v) is 3.26. The summed E-state index contributed by atoms with van der Waals surface area (Å²) in [5, 5.41) is 12.0. The molecule has 2 rings (SSSR count). The first kappa shape index (κ1) is 15.0. The molecule has 0 aliphatic heterocycles. The number of aryl methyl sites for hydroxylation is 1. The molecular weight excluding hydrogens is 292 g/mol. The molecule has 0 bridgehead atoms. The third-order valence-electron chi connectivity index (χ3n) is 2.98. The molecule has 0 atom stereocenters. The van der Waals surface area contributed by atoms with Gasteiger partial charge in [-0.2, -0.15) is 0 Å². The lowest BCUT2D eigenvalue weighted by molar-refractivity contribution is -0.115. The number of hydrogen-bond donors (Lipinski definition) is 2. The van der Waals surface area contributed by atoms with Crippen molar-refractivity contribution in [3.8, 4) is 0 Å². The number of pyridine rings is 1. The standard InChI is InChI=1S/C15H13ClN2O3/c1-9-6-7-17-14(16)13(9)18-12(19)8-10-4-2-3-5-11(10)15(20)21/h2-7H,8H2,1H3,(H,18,19)(H,20,21). The molecule has 108 valence electrons. The number of anilines is 1. The van der Waals surface area contributed by atoms with E-state index < -0.39 is 5.97 Å². The van der Waals surface area contributed by atoms with Crippen LogP contribution in [0.4, 0.5) is 5.69 Å². The van der Waals surface area contributed by atoms with Crippen LogP contribution in [0.2, 0.25) is 5.15 Å². The average molecular weight is 305 g/mol. The molecule has 21 heavy (non-hydrogen) atoms. The molecule has 0 fully saturated rings. The van der Waals surface area contributed by atoms with Gasteiger partial charge in [0.25, 0.3) is 0 Å². The lowest BCUT2D eigenvalue weighted by atomic mass is 10.0. The predicted octanol–water partition coefficient (Wildman–Crippen LogP) is 2.92. The number of benzene rings is 1. The summed E-state index contributed by atoms with van der Waals surface area (Å²) in [6.07, 6.45) is 1.50. The van der Waals surface area contributed by atoms with E-state index in [9.17, 15) is 9.59 Å². The summed E-state index contributed by atoms with van der Waals surface area (Å²) < 4.78 is 0. The van der Waals surface area contributed by atoms with Gasteiger partial charge in [-0.25, -0.2) is 9.78 Å². The number of carbonyl (C=O) groups is 2. The smallest absolute Gasteiger partial charge is 0.335 e. The normalized spacial score (nSPS) is 10.2. The Morgan fingerprint density at radius 3 is 2.67 bits per heavy atom. The second kappa shape index (κ2) is 6.37. The van der Waals surface area contributed by atoms with E-state index in [1.54, 1.807) is 37.4 Å². The summed E-state index contributed by atoms with van der Waals surface area (Å²) in [5.74, 6) is -1.41. The van der Waals surface area contributed by atoms with Crippen LogP contribution in [0.25, 0.3) is 0 Å². The van der Waals surface area contributed by atoms with Crippen LogP contribution in [0, 0.1) is 6.92 Å². The number of halogens is 1. The van der Waals surface area contributed by atoms with E-state index in [4.69, 9.17) is 16.7 Å². The molecule has 1 aromatic carbocycles. The van der Waals surface area contributed by atoms with Crippen LogP contribution in [0.15, 0.2) is 36.5 Å². The van der Waals surface area contributed by atoms with E-state index in [1.807, 2.05) is 0 Å². The molecule has 0 spiro atoms. The maximum Gasteiger partial charge on any atom is 0.335 e. The van der Waals surface area contributed by atoms with Gasteiger partial charge in [-0.1, -0.05) is 29.8 Å². The SMILES string of the molecule is Cc1ccnc(Cl)c1NC(=O)Cc1ccccc1C(=O)O. The van der Waals surface area contributed by atoms with Crippen molar-refractivity contribution >= 4 is 29.2 Å². The minimum absolute atomic E-state index is 0.0485. The van der Waals surface area contributed by atoms with Crippen molar-refractivity contribution in [2.24, 2.45) is 0 Å². The van der Waals surface area contributed by atoms with E-state index in [2.05, 4.69) is 10.3 Å². The predicted molar refractivity (Wildman–Crippen MR) is 79.7 cm³/mol. The molecule has 2 N–H and O–H groups in total. The molecule has 0 aliphatic carbocycles. The maximum atomic E-state index is 12.1. The van der Waals surface area contributed by atoms with Crippen LogP contribution >= 0.6 is 11.6 Å². The number of nitrogens with zero attached hydrogens (tertiary/aromatic N) is 1. The van der Waals surface area contributed by atoms with Crippen molar-refractivity contribution in [3.63, 3.8) is 0 Å². The van der Waals surface area contributed by atoms with Crippen LogP contribution in [0.3, 0.4) is 0 Å². The number of aromatic carboxylic acids is 1. The Kier molecular flexibility index (Phi) is 4.55. The van der Waals surface area contributed by atoms with Crippen molar-refractivity contribution in [1.29, 1.82) is 0 Å². The van der Waals surface area contributed by atoms with Gasteiger partial charge in [-0.05, 0) is 30.2 Å². The Morgan fingerprint density at radius 2 is 2.00 bits per heavy atom. The maximum absolute atomic E-state index is 12.1. The van der Waals surface area contributed by atoms with E-state index in [0.29, 0.717) is 11.3 Å². The Hall–Kier alpha value is -2.40. The summed E-state index contributed by atoms with van der Waals surface area (Å²) in [6, 6.07) is 8.12. The molecular formula is C15H13ClN2O3. The quantitative estimate of drug-likeness (QED) is 0.851. The summed E-state index contributed by atoms with van der Waals surface area (Å²) in [7, 11) is 0. The Bertz CT molecular complexity index is 681. The highest BCUT2D eigenvalue weighted by Crippen LogP contribution is 2.23. The number of carboxylic acids is 1. The zero-order valence-corrected chi connectivity index (χ0v) is 12.0. The lowest BCUT2D eigenvalue weighted by Gasteiger charge is -2.10. The molecule has 2 aromatic rings. The topological polar surface area (TPSA) is 79.3 Å². The fraction of sp³-hybridized carbons (Fsp3) is 0.133. The van der Waals surface area contributed by atoms with Crippen LogP contribution < -0.4 is 5.32 Å². The van der Waals surface area contributed by atoms with Crippen molar-refractivity contribution in [2.45, 2.75) is 13.3 Å². The van der Waals surface area contributed by atoms with E-state index in [0.717, 1.165) is 5.56 Å². The molecule has 0 saturated carbocycles. The molecule has 0 aliphatic rings. The number of rotatable bonds is 4. The fourth-order valence-electron chi connectivity index (χ4n) is 1.91. The van der Waals surface area contributed by atoms with Gasteiger partial charge in [0.2, 0.25) is 5.91 Å². The van der Waals surface area contributed by atoms with Crippen molar-refractivity contribution < 1.29 is 14.7 Å². The number of amides is 1. The van der Waals surface area contributed by atoms with E-state index >= 15 is 0 Å². The van der Waals surface area contributed by atoms with Gasteiger partial charge < -0.3 is 10.4 Å². The van der Waals surface area contributed by atoms with E-state index in [1.165, 1.54) is 6.07 Å². The van der Waals surface area contributed by atoms with Gasteiger partial charge in [0.05, 0.1) is 17.7 Å². The zero-order valence-electron chi connectivity index (χ0n) is 11.3. The minimum Gasteiger partial charge on any atom is -0.478 e. The Morgan fingerprint density at radius 1 is 1.29 bits per heavy atom. The van der Waals surface area contributed by atoms with Crippen LogP contribution in [-0.2, 0) is 11.2 Å². The number of aromatic nitrogens is 1. The number of nitrogens with one attached hydrogen (secondary N) is 1. The summed E-state index contributed by atoms with van der Waals surface area (Å²) in [6.45, 7) is 1.80. The number of carboxylic acid groups (broad SMARTS) is 1. The van der Waals surface area contributed by atoms with Gasteiger partial charge >= 0.3 is 5.97 Å². The largest absolute Gasteiger partial charge is 0.478 e. The lowest BCUT2D eigenvalue weighted by Crippen LogP contribution is -2.17. The fourth-order valence-corrected chi connectivity index (χ4v) is 2.17. The van der Waals surface area contributed by atoms with Crippen molar-refractivity contribution in [1.82, 2.24) is 4.98 Å². The van der Waals surface area contributed by atoms with Crippen LogP contribution in [0.1, 0.15) is 21.5 Å². The van der Waals surface area contributed by atoms with Crippen LogP contribution in [-0.4, -0.2) is 22.0 Å². The molecule has 1 amide bonds. The van der Waals surface area contributed by atoms with E-state index in [-0.39, 0.29) is 23.0 Å². The van der Waals surface area contributed by atoms with Gasteiger partial charge in [0.15, 0.2) is 5.15 Å². The first-order chi connectivity index (χ1) is 9.99. The monoisotopic (exact) mass is 304 g/mol. The average Bonchev–Trinajstić information content (AvgIpc) is 2.43. The van der Waals surface area contributed by atoms with Gasteiger partial charge in [0.1, 0.15) is 0 Å². The molecule has 1 aromatic heterocycles. The number of hydrogen-bond acceptors (Lipinski definition) is 3. The molecule has 6 heteroatoms. The third kappa shape index (κ3) is 3.58. The van der Waals surface area contributed by atoms with Gasteiger partial charge in [-0.3, -0.25) is 4.79 Å². The van der Waals surface area contributed by atoms with Crippen LogP contribution in [0.5, 0.6) is 0 Å². The molecule has 5 nitrogen and oxygen atoms in total. The molecule has 1 heterocycles. The second-order valence-electron chi connectivity index (χ2n) is 4.48. The van der Waals surface area contributed by atoms with Gasteiger partial charge in [0, 0.05) is 6.20 Å². The first-order valence-corrected chi connectivity index (χ1v) is 6.59. The minimum atomic E-state index is -1.06. The summed E-state index contributed by atoms with van der Waals surface area (Å²) in [5.41, 5.74) is 1.79. The Labute approximate surface area is 126 Å². The first-order valence-electron chi connectivity index (χ1n) is 6.21. The van der Waals surface area contributed by atoms with Crippen molar-refractivity contribution in [3.05, 3.63) is 58.4 Å². The molecule has 0 unspecified atom stereocenters. The highest BCUT2D eigenvalue weighted by atomic mass is 35.5. The number of carbonyl (C=O) groups excluding carboxylic acids is 1. The zero-order chi connectivity index (χ0) is 15.4. The Balaban J connectivity index is 2.18.